The predicted octanol–water partition coefficient (Wildman–Crippen LogP) is 0.843. The second-order valence-corrected chi connectivity index (χ2v) is 5.73. The van der Waals surface area contributed by atoms with Gasteiger partial charge in [-0.15, -0.1) is 0 Å². The van der Waals surface area contributed by atoms with E-state index in [0.717, 1.165) is 13.1 Å². The number of nitrogens with zero attached hydrogens (tertiary/aromatic N) is 1. The highest BCUT2D eigenvalue weighted by Crippen LogP contribution is 2.42. The summed E-state index contributed by atoms with van der Waals surface area (Å²) in [6, 6.07) is 0. The smallest absolute Gasteiger partial charge is 0.322 e. The molecule has 0 radical (unpaired) electrons. The molecule has 0 aromatic rings. The van der Waals surface area contributed by atoms with Gasteiger partial charge >= 0.3 is 5.97 Å². The average molecular weight is 254 g/mol. The van der Waals surface area contributed by atoms with Gasteiger partial charge in [0, 0.05) is 13.1 Å². The van der Waals surface area contributed by atoms with Crippen LogP contribution in [0.1, 0.15) is 38.5 Å². The van der Waals surface area contributed by atoms with Gasteiger partial charge in [-0.1, -0.05) is 25.7 Å². The number of likely N-dealkylation sites (tertiary alicyclic amines) is 1. The Bertz CT molecular complexity index is 314. The Kier molecular flexibility index (Phi) is 4.22. The molecule has 2 fully saturated rings. The number of carbonyl (C=O) groups excluding carboxylic acids is 1. The van der Waals surface area contributed by atoms with E-state index in [1.807, 2.05) is 0 Å². The van der Waals surface area contributed by atoms with E-state index < -0.39 is 5.97 Å². The zero-order valence-corrected chi connectivity index (χ0v) is 10.8. The fourth-order valence-electron chi connectivity index (χ4n) is 3.24. The van der Waals surface area contributed by atoms with Crippen molar-refractivity contribution in [1.29, 1.82) is 0 Å². The molecule has 2 N–H and O–H groups in total. The van der Waals surface area contributed by atoms with Crippen molar-refractivity contribution in [3.8, 4) is 0 Å². The number of amides is 1. The summed E-state index contributed by atoms with van der Waals surface area (Å²) in [7, 11) is 0. The van der Waals surface area contributed by atoms with E-state index in [1.54, 1.807) is 0 Å². The molecule has 1 spiro atoms. The highest BCUT2D eigenvalue weighted by atomic mass is 16.4. The van der Waals surface area contributed by atoms with Crippen molar-refractivity contribution >= 4 is 11.9 Å². The zero-order chi connectivity index (χ0) is 13.0. The molecule has 2 aliphatic rings. The lowest BCUT2D eigenvalue weighted by atomic mass is 9.73. The maximum Gasteiger partial charge on any atom is 0.322 e. The summed E-state index contributed by atoms with van der Waals surface area (Å²) in [5.41, 5.74) is 0.462. The van der Waals surface area contributed by atoms with Gasteiger partial charge < -0.3 is 10.4 Å². The van der Waals surface area contributed by atoms with Gasteiger partial charge in [0.15, 0.2) is 0 Å². The molecule has 0 aromatic carbocycles. The van der Waals surface area contributed by atoms with Crippen LogP contribution in [0.5, 0.6) is 0 Å². The minimum Gasteiger partial charge on any atom is -0.480 e. The van der Waals surface area contributed by atoms with E-state index in [2.05, 4.69) is 10.2 Å². The monoisotopic (exact) mass is 254 g/mol. The number of carbonyl (C=O) groups is 2. The van der Waals surface area contributed by atoms with E-state index in [0.29, 0.717) is 12.0 Å². The van der Waals surface area contributed by atoms with Crippen LogP contribution in [0, 0.1) is 5.41 Å². The van der Waals surface area contributed by atoms with Crippen molar-refractivity contribution in [2.24, 2.45) is 5.41 Å². The molecule has 1 heterocycles. The Morgan fingerprint density at radius 3 is 2.28 bits per heavy atom. The first-order valence-electron chi connectivity index (χ1n) is 6.81. The third-order valence-corrected chi connectivity index (χ3v) is 4.09. The third-order valence-electron chi connectivity index (χ3n) is 4.09. The lowest BCUT2D eigenvalue weighted by Gasteiger charge is -2.50. The minimum atomic E-state index is -0.993. The molecule has 1 saturated heterocycles. The highest BCUT2D eigenvalue weighted by Gasteiger charge is 2.42. The van der Waals surface area contributed by atoms with Gasteiger partial charge in [0.25, 0.3) is 0 Å². The highest BCUT2D eigenvalue weighted by molar-refractivity contribution is 5.82. The molecule has 1 amide bonds. The average Bonchev–Trinajstić information content (AvgIpc) is 2.51. The summed E-state index contributed by atoms with van der Waals surface area (Å²) in [6.07, 6.45) is 7.92. The molecule has 1 aliphatic heterocycles. The van der Waals surface area contributed by atoms with Crippen LogP contribution in [0.3, 0.4) is 0 Å². The van der Waals surface area contributed by atoms with Crippen LogP contribution in [-0.4, -0.2) is 48.1 Å². The molecule has 0 atom stereocenters. The Hall–Kier alpha value is -1.10. The Labute approximate surface area is 108 Å². The SMILES string of the molecule is O=C(O)CNC(=O)CN1CC2(CCCCCC2)C1. The number of hydrogen-bond donors (Lipinski definition) is 2. The number of carboxylic acid groups (broad SMARTS) is 1. The predicted molar refractivity (Wildman–Crippen MR) is 67.2 cm³/mol. The van der Waals surface area contributed by atoms with Gasteiger partial charge in [0.1, 0.15) is 6.54 Å². The van der Waals surface area contributed by atoms with Gasteiger partial charge in [-0.25, -0.2) is 0 Å². The molecular formula is C13H22N2O3. The lowest BCUT2D eigenvalue weighted by Crippen LogP contribution is -2.58. The summed E-state index contributed by atoms with van der Waals surface area (Å²) in [6.45, 7) is 2.08. The molecule has 1 saturated carbocycles. The fraction of sp³-hybridized carbons (Fsp3) is 0.846. The zero-order valence-electron chi connectivity index (χ0n) is 10.8. The van der Waals surface area contributed by atoms with Crippen LogP contribution in [-0.2, 0) is 9.59 Å². The molecule has 18 heavy (non-hydrogen) atoms. The van der Waals surface area contributed by atoms with Gasteiger partial charge in [-0.2, -0.15) is 0 Å². The van der Waals surface area contributed by atoms with Crippen LogP contribution in [0.2, 0.25) is 0 Å². The normalized spacial score (nSPS) is 23.1. The standard InChI is InChI=1S/C13H22N2O3/c16-11(14-7-12(17)18)8-15-9-13(10-15)5-3-1-2-4-6-13/h1-10H2,(H,14,16)(H,17,18). The molecule has 5 nitrogen and oxygen atoms in total. The van der Waals surface area contributed by atoms with Crippen molar-refractivity contribution in [2.45, 2.75) is 38.5 Å². The van der Waals surface area contributed by atoms with Crippen molar-refractivity contribution in [3.05, 3.63) is 0 Å². The summed E-state index contributed by atoms with van der Waals surface area (Å²) < 4.78 is 0. The van der Waals surface area contributed by atoms with E-state index in [4.69, 9.17) is 5.11 Å². The lowest BCUT2D eigenvalue weighted by molar-refractivity contribution is -0.138. The van der Waals surface area contributed by atoms with Gasteiger partial charge in [-0.3, -0.25) is 14.5 Å². The fourth-order valence-corrected chi connectivity index (χ4v) is 3.24. The molecule has 0 unspecified atom stereocenters. The van der Waals surface area contributed by atoms with Crippen molar-refractivity contribution < 1.29 is 14.7 Å². The number of nitrogens with one attached hydrogen (secondary N) is 1. The van der Waals surface area contributed by atoms with Crippen LogP contribution in [0.15, 0.2) is 0 Å². The number of aliphatic carboxylic acids is 1. The van der Waals surface area contributed by atoms with Crippen molar-refractivity contribution in [3.63, 3.8) is 0 Å². The molecule has 2 rings (SSSR count). The minimum absolute atomic E-state index is 0.180. The molecule has 102 valence electrons. The Balaban J connectivity index is 1.68. The molecule has 5 heteroatoms. The first-order chi connectivity index (χ1) is 8.60. The first-order valence-corrected chi connectivity index (χ1v) is 6.81. The van der Waals surface area contributed by atoms with E-state index in [1.165, 1.54) is 38.5 Å². The Morgan fingerprint density at radius 2 is 1.72 bits per heavy atom. The van der Waals surface area contributed by atoms with Gasteiger partial charge in [0.05, 0.1) is 6.54 Å². The summed E-state index contributed by atoms with van der Waals surface area (Å²) >= 11 is 0. The van der Waals surface area contributed by atoms with Crippen molar-refractivity contribution in [1.82, 2.24) is 10.2 Å². The maximum absolute atomic E-state index is 11.5. The maximum atomic E-state index is 11.5. The van der Waals surface area contributed by atoms with Crippen molar-refractivity contribution in [2.75, 3.05) is 26.2 Å². The second-order valence-electron chi connectivity index (χ2n) is 5.73. The molecule has 1 aliphatic carbocycles. The summed E-state index contributed by atoms with van der Waals surface area (Å²) in [5.74, 6) is -1.17. The Morgan fingerprint density at radius 1 is 1.11 bits per heavy atom. The number of hydrogen-bond acceptors (Lipinski definition) is 3. The van der Waals surface area contributed by atoms with Gasteiger partial charge in [-0.05, 0) is 18.3 Å². The summed E-state index contributed by atoms with van der Waals surface area (Å²) in [5, 5.41) is 10.9. The largest absolute Gasteiger partial charge is 0.480 e. The molecule has 0 aromatic heterocycles. The van der Waals surface area contributed by atoms with E-state index >= 15 is 0 Å². The number of rotatable bonds is 4. The van der Waals surface area contributed by atoms with Crippen LogP contribution < -0.4 is 5.32 Å². The van der Waals surface area contributed by atoms with E-state index in [9.17, 15) is 9.59 Å². The van der Waals surface area contributed by atoms with Gasteiger partial charge in [0.2, 0.25) is 5.91 Å². The van der Waals surface area contributed by atoms with Crippen LogP contribution in [0.4, 0.5) is 0 Å². The molecule has 0 bridgehead atoms. The second kappa shape index (κ2) is 5.69. The first kappa shape index (κ1) is 13.3. The number of carboxylic acids is 1. The quantitative estimate of drug-likeness (QED) is 0.780. The van der Waals surface area contributed by atoms with E-state index in [-0.39, 0.29) is 12.5 Å². The summed E-state index contributed by atoms with van der Waals surface area (Å²) in [4.78, 5) is 23.9. The third kappa shape index (κ3) is 3.45. The van der Waals surface area contributed by atoms with Crippen LogP contribution in [0.25, 0.3) is 0 Å². The molecular weight excluding hydrogens is 232 g/mol. The topological polar surface area (TPSA) is 69.6 Å². The van der Waals surface area contributed by atoms with Crippen LogP contribution >= 0.6 is 0 Å².